The van der Waals surface area contributed by atoms with Gasteiger partial charge in [-0.05, 0) is 60.0 Å². The third-order valence-electron chi connectivity index (χ3n) is 3.24. The summed E-state index contributed by atoms with van der Waals surface area (Å²) in [7, 11) is 0. The van der Waals surface area contributed by atoms with E-state index in [1.54, 1.807) is 6.07 Å². The highest BCUT2D eigenvalue weighted by atomic mass is 79.9. The third kappa shape index (κ3) is 3.12. The van der Waals surface area contributed by atoms with Crippen LogP contribution in [0.2, 0.25) is 0 Å². The number of hydrogen-bond donors (Lipinski definition) is 2. The molecular formula is C16H17BrFNO. The molecule has 2 rings (SSSR count). The zero-order chi connectivity index (χ0) is 14.9. The van der Waals surface area contributed by atoms with E-state index < -0.39 is 5.82 Å². The minimum Gasteiger partial charge on any atom is -0.508 e. The lowest BCUT2D eigenvalue weighted by atomic mass is 10.1. The van der Waals surface area contributed by atoms with Crippen LogP contribution in [0.4, 0.5) is 10.1 Å². The van der Waals surface area contributed by atoms with Crippen LogP contribution in [-0.4, -0.2) is 5.11 Å². The number of aryl methyl sites for hydroxylation is 2. The molecule has 0 aliphatic heterocycles. The van der Waals surface area contributed by atoms with E-state index in [4.69, 9.17) is 0 Å². The molecule has 0 amide bonds. The summed E-state index contributed by atoms with van der Waals surface area (Å²) in [6.45, 7) is 5.94. The quantitative estimate of drug-likeness (QED) is 0.818. The lowest BCUT2D eigenvalue weighted by molar-refractivity contribution is 0.467. The number of rotatable bonds is 3. The maximum absolute atomic E-state index is 13.9. The second-order valence-electron chi connectivity index (χ2n) is 5.01. The van der Waals surface area contributed by atoms with Gasteiger partial charge in [-0.1, -0.05) is 12.1 Å². The van der Waals surface area contributed by atoms with Crippen molar-refractivity contribution in [2.75, 3.05) is 5.32 Å². The highest BCUT2D eigenvalue weighted by Gasteiger charge is 2.14. The fourth-order valence-corrected chi connectivity index (χ4v) is 3.05. The molecule has 0 bridgehead atoms. The fraction of sp³-hybridized carbons (Fsp3) is 0.250. The number of phenolic OH excluding ortho intramolecular Hbond substituents is 1. The largest absolute Gasteiger partial charge is 0.508 e. The van der Waals surface area contributed by atoms with Crippen molar-refractivity contribution < 1.29 is 9.50 Å². The lowest BCUT2D eigenvalue weighted by Crippen LogP contribution is -2.10. The number of nitrogens with one attached hydrogen (secondary N) is 1. The molecule has 0 spiro atoms. The Morgan fingerprint density at radius 3 is 2.50 bits per heavy atom. The topological polar surface area (TPSA) is 32.3 Å². The lowest BCUT2D eigenvalue weighted by Gasteiger charge is -2.20. The van der Waals surface area contributed by atoms with Gasteiger partial charge >= 0.3 is 0 Å². The number of anilines is 1. The summed E-state index contributed by atoms with van der Waals surface area (Å²) >= 11 is 3.53. The third-order valence-corrected chi connectivity index (χ3v) is 3.87. The molecule has 2 aromatic rings. The van der Waals surface area contributed by atoms with E-state index in [9.17, 15) is 9.50 Å². The van der Waals surface area contributed by atoms with Crippen LogP contribution in [0.25, 0.3) is 0 Å². The molecule has 1 atom stereocenters. The first kappa shape index (κ1) is 14.9. The highest BCUT2D eigenvalue weighted by molar-refractivity contribution is 9.10. The van der Waals surface area contributed by atoms with Gasteiger partial charge in [-0.25, -0.2) is 4.39 Å². The average molecular weight is 338 g/mol. The molecule has 2 aromatic carbocycles. The van der Waals surface area contributed by atoms with E-state index >= 15 is 0 Å². The molecule has 20 heavy (non-hydrogen) atoms. The van der Waals surface area contributed by atoms with Crippen LogP contribution >= 0.6 is 15.9 Å². The van der Waals surface area contributed by atoms with Crippen LogP contribution in [0.1, 0.15) is 29.7 Å². The van der Waals surface area contributed by atoms with Gasteiger partial charge < -0.3 is 10.4 Å². The standard InChI is InChI=1S/C16H17BrFNO/c1-9-6-10(2)16(14(17)7-9)19-11(3)13-5-4-12(20)8-15(13)18/h4-8,11,19-20H,1-3H3. The van der Waals surface area contributed by atoms with Crippen LogP contribution < -0.4 is 5.32 Å². The normalized spacial score (nSPS) is 12.2. The van der Waals surface area contributed by atoms with Crippen molar-refractivity contribution in [1.82, 2.24) is 0 Å². The Morgan fingerprint density at radius 1 is 1.20 bits per heavy atom. The van der Waals surface area contributed by atoms with Crippen molar-refractivity contribution in [2.45, 2.75) is 26.8 Å². The summed E-state index contributed by atoms with van der Waals surface area (Å²) in [5, 5.41) is 12.6. The minimum atomic E-state index is -0.411. The molecule has 0 aromatic heterocycles. The Bertz CT molecular complexity index is 619. The van der Waals surface area contributed by atoms with Crippen LogP contribution in [0.3, 0.4) is 0 Å². The average Bonchev–Trinajstić information content (AvgIpc) is 2.33. The monoisotopic (exact) mass is 337 g/mol. The first-order chi connectivity index (χ1) is 9.38. The van der Waals surface area contributed by atoms with E-state index in [-0.39, 0.29) is 11.8 Å². The van der Waals surface area contributed by atoms with Gasteiger partial charge in [-0.15, -0.1) is 0 Å². The van der Waals surface area contributed by atoms with Crippen molar-refractivity contribution in [3.05, 3.63) is 57.3 Å². The van der Waals surface area contributed by atoms with Gasteiger partial charge in [0.2, 0.25) is 0 Å². The molecule has 0 saturated heterocycles. The second-order valence-corrected chi connectivity index (χ2v) is 5.86. The first-order valence-electron chi connectivity index (χ1n) is 6.40. The van der Waals surface area contributed by atoms with Gasteiger partial charge in [0.25, 0.3) is 0 Å². The van der Waals surface area contributed by atoms with Gasteiger partial charge in [-0.3, -0.25) is 0 Å². The molecule has 0 fully saturated rings. The van der Waals surface area contributed by atoms with Crippen LogP contribution in [0.15, 0.2) is 34.8 Å². The Balaban J connectivity index is 2.30. The number of hydrogen-bond acceptors (Lipinski definition) is 2. The Labute approximate surface area is 126 Å². The summed E-state index contributed by atoms with van der Waals surface area (Å²) in [4.78, 5) is 0. The summed E-state index contributed by atoms with van der Waals surface area (Å²) in [5.41, 5.74) is 3.75. The van der Waals surface area contributed by atoms with Crippen molar-refractivity contribution in [3.63, 3.8) is 0 Å². The summed E-state index contributed by atoms with van der Waals surface area (Å²) in [5.74, 6) is -0.475. The number of aromatic hydroxyl groups is 1. The summed E-state index contributed by atoms with van der Waals surface area (Å²) in [6.07, 6.45) is 0. The highest BCUT2D eigenvalue weighted by Crippen LogP contribution is 2.32. The second kappa shape index (κ2) is 5.83. The summed E-state index contributed by atoms with van der Waals surface area (Å²) in [6, 6.07) is 8.12. The molecule has 0 aliphatic rings. The predicted octanol–water partition coefficient (Wildman–Crippen LogP) is 5.08. The van der Waals surface area contributed by atoms with E-state index in [1.165, 1.54) is 11.6 Å². The first-order valence-corrected chi connectivity index (χ1v) is 7.19. The minimum absolute atomic E-state index is 0.0638. The molecular weight excluding hydrogens is 321 g/mol. The van der Waals surface area contributed by atoms with Gasteiger partial charge in [0, 0.05) is 16.1 Å². The van der Waals surface area contributed by atoms with Crippen LogP contribution in [0.5, 0.6) is 5.75 Å². The predicted molar refractivity (Wildman–Crippen MR) is 83.7 cm³/mol. The molecule has 106 valence electrons. The van der Waals surface area contributed by atoms with Crippen molar-refractivity contribution >= 4 is 21.6 Å². The SMILES string of the molecule is Cc1cc(C)c(NC(C)c2ccc(O)cc2F)c(Br)c1. The van der Waals surface area contributed by atoms with Gasteiger partial charge in [0.05, 0.1) is 11.7 Å². The molecule has 2 nitrogen and oxygen atoms in total. The van der Waals surface area contributed by atoms with E-state index in [1.807, 2.05) is 26.8 Å². The van der Waals surface area contributed by atoms with Gasteiger partial charge in [-0.2, -0.15) is 0 Å². The number of benzene rings is 2. The van der Waals surface area contributed by atoms with Crippen LogP contribution in [0, 0.1) is 19.7 Å². The number of phenols is 1. The van der Waals surface area contributed by atoms with Gasteiger partial charge in [0.15, 0.2) is 0 Å². The Morgan fingerprint density at radius 2 is 1.90 bits per heavy atom. The smallest absolute Gasteiger partial charge is 0.132 e. The Hall–Kier alpha value is -1.55. The molecule has 0 aliphatic carbocycles. The molecule has 0 radical (unpaired) electrons. The molecule has 0 heterocycles. The van der Waals surface area contributed by atoms with Gasteiger partial charge in [0.1, 0.15) is 11.6 Å². The Kier molecular flexibility index (Phi) is 4.33. The zero-order valence-corrected chi connectivity index (χ0v) is 13.3. The van der Waals surface area contributed by atoms with Crippen molar-refractivity contribution in [1.29, 1.82) is 0 Å². The molecule has 2 N–H and O–H groups in total. The molecule has 4 heteroatoms. The molecule has 1 unspecified atom stereocenters. The molecule has 0 saturated carbocycles. The van der Waals surface area contributed by atoms with Crippen molar-refractivity contribution in [3.8, 4) is 5.75 Å². The number of halogens is 2. The maximum atomic E-state index is 13.9. The summed E-state index contributed by atoms with van der Waals surface area (Å²) < 4.78 is 14.8. The van der Waals surface area contributed by atoms with E-state index in [2.05, 4.69) is 27.3 Å². The van der Waals surface area contributed by atoms with Crippen molar-refractivity contribution in [2.24, 2.45) is 0 Å². The maximum Gasteiger partial charge on any atom is 0.132 e. The van der Waals surface area contributed by atoms with E-state index in [0.29, 0.717) is 5.56 Å². The fourth-order valence-electron chi connectivity index (χ4n) is 2.26. The zero-order valence-electron chi connectivity index (χ0n) is 11.7. The van der Waals surface area contributed by atoms with E-state index in [0.717, 1.165) is 21.8 Å². The van der Waals surface area contributed by atoms with Crippen LogP contribution in [-0.2, 0) is 0 Å².